The molecule has 0 heterocycles. The quantitative estimate of drug-likeness (QED) is 0.436. The molecule has 0 saturated heterocycles. The first kappa shape index (κ1) is 13.4. The van der Waals surface area contributed by atoms with E-state index in [9.17, 15) is 0 Å². The highest BCUT2D eigenvalue weighted by molar-refractivity contribution is 14.1. The van der Waals surface area contributed by atoms with E-state index in [4.69, 9.17) is 5.73 Å². The summed E-state index contributed by atoms with van der Waals surface area (Å²) in [4.78, 5) is 0. The number of nitrogens with two attached hydrogens (primary N) is 1. The summed E-state index contributed by atoms with van der Waals surface area (Å²) in [6.07, 6.45) is 5.23. The van der Waals surface area contributed by atoms with Gasteiger partial charge in [0.25, 0.3) is 0 Å². The maximum absolute atomic E-state index is 6.02. The SMILES string of the molecule is N[C@H](/C=C/[C@@H](I)CI)Cc1ccccc1. The third-order valence-electron chi connectivity index (χ3n) is 2.03. The minimum atomic E-state index is 0.132. The molecular weight excluding hydrogens is 412 g/mol. The van der Waals surface area contributed by atoms with Crippen molar-refractivity contribution in [1.29, 1.82) is 0 Å². The fourth-order valence-electron chi connectivity index (χ4n) is 1.27. The van der Waals surface area contributed by atoms with Crippen LogP contribution in [0.25, 0.3) is 0 Å². The Balaban J connectivity index is 2.43. The first-order valence-electron chi connectivity index (χ1n) is 4.90. The Morgan fingerprint density at radius 1 is 1.20 bits per heavy atom. The summed E-state index contributed by atoms with van der Waals surface area (Å²) < 4.78 is 1.72. The Labute approximate surface area is 119 Å². The molecule has 0 amide bonds. The van der Waals surface area contributed by atoms with Crippen molar-refractivity contribution in [3.05, 3.63) is 48.0 Å². The van der Waals surface area contributed by atoms with Crippen molar-refractivity contribution in [3.63, 3.8) is 0 Å². The monoisotopic (exact) mass is 427 g/mol. The lowest BCUT2D eigenvalue weighted by Crippen LogP contribution is -2.20. The fraction of sp³-hybridized carbons (Fsp3) is 0.333. The van der Waals surface area contributed by atoms with Gasteiger partial charge in [0, 0.05) is 14.4 Å². The summed E-state index contributed by atoms with van der Waals surface area (Å²) in [5.41, 5.74) is 7.32. The summed E-state index contributed by atoms with van der Waals surface area (Å²) >= 11 is 4.80. The van der Waals surface area contributed by atoms with Gasteiger partial charge in [0.1, 0.15) is 0 Å². The molecule has 0 aliphatic heterocycles. The topological polar surface area (TPSA) is 26.0 Å². The van der Waals surface area contributed by atoms with Crippen LogP contribution in [0.1, 0.15) is 5.56 Å². The van der Waals surface area contributed by atoms with Gasteiger partial charge in [-0.05, 0) is 12.0 Å². The van der Waals surface area contributed by atoms with E-state index in [-0.39, 0.29) is 6.04 Å². The maximum atomic E-state index is 6.02. The van der Waals surface area contributed by atoms with Crippen LogP contribution < -0.4 is 5.73 Å². The molecule has 15 heavy (non-hydrogen) atoms. The molecule has 1 aromatic rings. The summed E-state index contributed by atoms with van der Waals surface area (Å²) in [5.74, 6) is 0. The van der Waals surface area contributed by atoms with Gasteiger partial charge in [0.05, 0.1) is 0 Å². The average Bonchev–Trinajstić information content (AvgIpc) is 2.27. The van der Waals surface area contributed by atoms with E-state index in [1.54, 1.807) is 0 Å². The second-order valence-electron chi connectivity index (χ2n) is 3.41. The van der Waals surface area contributed by atoms with Gasteiger partial charge >= 0.3 is 0 Å². The number of hydrogen-bond donors (Lipinski definition) is 1. The zero-order valence-corrected chi connectivity index (χ0v) is 12.8. The molecule has 0 unspecified atom stereocenters. The summed E-state index contributed by atoms with van der Waals surface area (Å²) in [6, 6.07) is 10.5. The van der Waals surface area contributed by atoms with Gasteiger partial charge in [0.15, 0.2) is 0 Å². The van der Waals surface area contributed by atoms with E-state index in [2.05, 4.69) is 81.6 Å². The van der Waals surface area contributed by atoms with Crippen LogP contribution in [0.2, 0.25) is 0 Å². The van der Waals surface area contributed by atoms with Crippen molar-refractivity contribution in [2.75, 3.05) is 4.43 Å². The van der Waals surface area contributed by atoms with E-state index >= 15 is 0 Å². The summed E-state index contributed by atoms with van der Waals surface area (Å²) in [6.45, 7) is 0. The number of halogens is 2. The molecule has 0 saturated carbocycles. The number of alkyl halides is 2. The molecule has 0 fully saturated rings. The Hall–Kier alpha value is 0.380. The van der Waals surface area contributed by atoms with Crippen LogP contribution in [0.4, 0.5) is 0 Å². The van der Waals surface area contributed by atoms with Crippen LogP contribution in [-0.2, 0) is 6.42 Å². The lowest BCUT2D eigenvalue weighted by Gasteiger charge is -2.07. The minimum absolute atomic E-state index is 0.132. The molecule has 82 valence electrons. The Kier molecular flexibility index (Phi) is 6.83. The molecule has 3 heteroatoms. The summed E-state index contributed by atoms with van der Waals surface area (Å²) in [7, 11) is 0. The highest BCUT2D eigenvalue weighted by Crippen LogP contribution is 2.08. The third-order valence-corrected chi connectivity index (χ3v) is 5.52. The molecule has 0 radical (unpaired) electrons. The van der Waals surface area contributed by atoms with E-state index in [1.807, 2.05) is 6.07 Å². The van der Waals surface area contributed by atoms with Gasteiger partial charge in [-0.1, -0.05) is 87.7 Å². The van der Waals surface area contributed by atoms with Crippen molar-refractivity contribution < 1.29 is 0 Å². The molecule has 2 atom stereocenters. The largest absolute Gasteiger partial charge is 0.324 e. The minimum Gasteiger partial charge on any atom is -0.324 e. The third kappa shape index (κ3) is 5.87. The standard InChI is InChI=1S/C12H15I2N/c13-9-11(14)6-7-12(15)8-10-4-2-1-3-5-10/h1-7,11-12H,8-9,15H2/b7-6+/t11-,12-/m1/s1. The molecule has 0 spiro atoms. The number of rotatable bonds is 5. The van der Waals surface area contributed by atoms with E-state index in [0.717, 1.165) is 10.8 Å². The fourth-order valence-corrected chi connectivity index (χ4v) is 1.80. The van der Waals surface area contributed by atoms with Gasteiger partial charge in [-0.3, -0.25) is 0 Å². The van der Waals surface area contributed by atoms with Gasteiger partial charge < -0.3 is 5.73 Å². The van der Waals surface area contributed by atoms with Crippen LogP contribution in [0.15, 0.2) is 42.5 Å². The van der Waals surface area contributed by atoms with Gasteiger partial charge in [0.2, 0.25) is 0 Å². The molecule has 1 rings (SSSR count). The molecule has 1 aromatic carbocycles. The normalized spacial score (nSPS) is 15.4. The van der Waals surface area contributed by atoms with Crippen molar-refractivity contribution in [3.8, 4) is 0 Å². The molecular formula is C12H15I2N. The summed E-state index contributed by atoms with van der Waals surface area (Å²) in [5, 5.41) is 0. The van der Waals surface area contributed by atoms with Crippen molar-refractivity contribution in [2.45, 2.75) is 16.4 Å². The number of benzene rings is 1. The van der Waals surface area contributed by atoms with Crippen LogP contribution >= 0.6 is 45.2 Å². The van der Waals surface area contributed by atoms with E-state index in [1.165, 1.54) is 5.56 Å². The van der Waals surface area contributed by atoms with E-state index in [0.29, 0.717) is 3.92 Å². The smallest absolute Gasteiger partial charge is 0.0379 e. The molecule has 1 nitrogen and oxygen atoms in total. The van der Waals surface area contributed by atoms with Gasteiger partial charge in [-0.2, -0.15) is 0 Å². The van der Waals surface area contributed by atoms with Crippen LogP contribution in [0, 0.1) is 0 Å². The molecule has 2 N–H and O–H groups in total. The first-order valence-corrected chi connectivity index (χ1v) is 7.67. The predicted molar refractivity (Wildman–Crippen MR) is 84.0 cm³/mol. The van der Waals surface area contributed by atoms with Crippen molar-refractivity contribution >= 4 is 45.2 Å². The average molecular weight is 427 g/mol. The molecule has 0 aliphatic rings. The first-order chi connectivity index (χ1) is 7.22. The Bertz CT molecular complexity index is 298. The molecule has 0 aliphatic carbocycles. The Morgan fingerprint density at radius 3 is 2.47 bits per heavy atom. The van der Waals surface area contributed by atoms with Crippen molar-refractivity contribution in [1.82, 2.24) is 0 Å². The lowest BCUT2D eigenvalue weighted by molar-refractivity contribution is 0.807. The van der Waals surface area contributed by atoms with E-state index < -0.39 is 0 Å². The highest BCUT2D eigenvalue weighted by Gasteiger charge is 2.00. The van der Waals surface area contributed by atoms with Crippen LogP contribution in [-0.4, -0.2) is 14.4 Å². The van der Waals surface area contributed by atoms with Gasteiger partial charge in [-0.25, -0.2) is 0 Å². The Morgan fingerprint density at radius 2 is 1.87 bits per heavy atom. The van der Waals surface area contributed by atoms with Crippen LogP contribution in [0.3, 0.4) is 0 Å². The molecule has 0 aromatic heterocycles. The van der Waals surface area contributed by atoms with Crippen LogP contribution in [0.5, 0.6) is 0 Å². The second-order valence-corrected chi connectivity index (χ2v) is 5.89. The lowest BCUT2D eigenvalue weighted by atomic mass is 10.1. The highest BCUT2D eigenvalue weighted by atomic mass is 127. The molecule has 0 bridgehead atoms. The number of hydrogen-bond acceptors (Lipinski definition) is 1. The van der Waals surface area contributed by atoms with Crippen molar-refractivity contribution in [2.24, 2.45) is 5.73 Å². The van der Waals surface area contributed by atoms with Gasteiger partial charge in [-0.15, -0.1) is 0 Å². The predicted octanol–water partition coefficient (Wildman–Crippen LogP) is 3.35. The number of allylic oxidation sites excluding steroid dienone is 1. The second kappa shape index (κ2) is 7.62. The zero-order chi connectivity index (χ0) is 11.1. The zero-order valence-electron chi connectivity index (χ0n) is 8.44. The maximum Gasteiger partial charge on any atom is 0.0379 e.